The highest BCUT2D eigenvalue weighted by atomic mass is 35.5. The third-order valence-electron chi connectivity index (χ3n) is 3.71. The van der Waals surface area contributed by atoms with Crippen LogP contribution in [-0.2, 0) is 11.3 Å². The highest BCUT2D eigenvalue weighted by Gasteiger charge is 2.15. The predicted molar refractivity (Wildman–Crippen MR) is 109 cm³/mol. The summed E-state index contributed by atoms with van der Waals surface area (Å²) < 4.78 is 40.9. The summed E-state index contributed by atoms with van der Waals surface area (Å²) in [5.74, 6) is -3.50. The molecular formula is C18H19ClF3N7O. The Bertz CT molecular complexity index is 982. The maximum absolute atomic E-state index is 13.8. The lowest BCUT2D eigenvalue weighted by molar-refractivity contribution is -0.127. The van der Waals surface area contributed by atoms with Crippen molar-refractivity contribution in [3.63, 3.8) is 0 Å². The lowest BCUT2D eigenvalue weighted by atomic mass is 10.2. The number of anilines is 2. The van der Waals surface area contributed by atoms with Crippen molar-refractivity contribution in [1.82, 2.24) is 14.9 Å². The van der Waals surface area contributed by atoms with Gasteiger partial charge in [0, 0.05) is 38.6 Å². The second-order valence-electron chi connectivity index (χ2n) is 6.07. The van der Waals surface area contributed by atoms with E-state index in [0.29, 0.717) is 6.07 Å². The Labute approximate surface area is 175 Å². The molecule has 2 rings (SSSR count). The number of carbonyl (C=O) groups is 1. The molecule has 160 valence electrons. The molecule has 0 atom stereocenters. The molecule has 30 heavy (non-hydrogen) atoms. The van der Waals surface area contributed by atoms with Gasteiger partial charge in [0.05, 0.1) is 11.9 Å². The lowest BCUT2D eigenvalue weighted by Gasteiger charge is -2.11. The van der Waals surface area contributed by atoms with Gasteiger partial charge in [-0.1, -0.05) is 11.6 Å². The number of aliphatic imine (C=N–C) groups is 1. The summed E-state index contributed by atoms with van der Waals surface area (Å²) in [4.78, 5) is 24.9. The van der Waals surface area contributed by atoms with Gasteiger partial charge in [0.15, 0.2) is 17.5 Å². The zero-order chi connectivity index (χ0) is 22.3. The zero-order valence-electron chi connectivity index (χ0n) is 16.1. The van der Waals surface area contributed by atoms with E-state index < -0.39 is 29.6 Å². The minimum absolute atomic E-state index is 0.0455. The molecule has 0 saturated carbocycles. The fourth-order valence-electron chi connectivity index (χ4n) is 2.06. The largest absolute Gasteiger partial charge is 0.403 e. The van der Waals surface area contributed by atoms with Crippen molar-refractivity contribution in [3.05, 3.63) is 58.3 Å². The molecule has 4 N–H and O–H groups in total. The van der Waals surface area contributed by atoms with Crippen LogP contribution in [-0.4, -0.2) is 47.6 Å². The van der Waals surface area contributed by atoms with Crippen molar-refractivity contribution in [3.8, 4) is 0 Å². The quantitative estimate of drug-likeness (QED) is 0.429. The van der Waals surface area contributed by atoms with Crippen LogP contribution in [0.25, 0.3) is 0 Å². The van der Waals surface area contributed by atoms with E-state index in [0.717, 1.165) is 6.07 Å². The van der Waals surface area contributed by atoms with Crippen molar-refractivity contribution >= 4 is 35.5 Å². The number of amides is 1. The summed E-state index contributed by atoms with van der Waals surface area (Å²) in [6, 6.07) is 1.52. The minimum atomic E-state index is -1.30. The van der Waals surface area contributed by atoms with E-state index in [-0.39, 0.29) is 34.9 Å². The van der Waals surface area contributed by atoms with E-state index in [4.69, 9.17) is 17.3 Å². The fraction of sp³-hybridized carbons (Fsp3) is 0.222. The van der Waals surface area contributed by atoms with Crippen molar-refractivity contribution < 1.29 is 18.0 Å². The first-order valence-corrected chi connectivity index (χ1v) is 8.88. The number of carbonyl (C=O) groups excluding carboxylic acids is 1. The number of aromatic nitrogens is 2. The maximum atomic E-state index is 13.8. The molecule has 0 aliphatic heterocycles. The van der Waals surface area contributed by atoms with Crippen LogP contribution in [0.4, 0.5) is 24.9 Å². The van der Waals surface area contributed by atoms with E-state index in [1.807, 2.05) is 0 Å². The summed E-state index contributed by atoms with van der Waals surface area (Å²) >= 11 is 6.01. The second-order valence-corrected chi connectivity index (χ2v) is 6.48. The van der Waals surface area contributed by atoms with Crippen LogP contribution in [0.5, 0.6) is 0 Å². The molecule has 0 radical (unpaired) electrons. The van der Waals surface area contributed by atoms with Gasteiger partial charge in [-0.25, -0.2) is 18.2 Å². The van der Waals surface area contributed by atoms with E-state index in [9.17, 15) is 18.0 Å². The standard InChI is InChI=1S/C18H19ClF3N7O/c1-29(2)15(30)9-24-6-10(5-23)27-18-26-8-12(19)17(28-18)25-7-11-13(20)3-4-14(21)16(11)22/h3-6,8H,7,9,23H2,1-2H3,(H2,25,26,27,28)/b10-5+,24-6?. The molecule has 2 aromatic rings. The van der Waals surface area contributed by atoms with Gasteiger partial charge in [0.25, 0.3) is 0 Å². The molecular weight excluding hydrogens is 423 g/mol. The predicted octanol–water partition coefficient (Wildman–Crippen LogP) is 2.53. The molecule has 0 bridgehead atoms. The van der Waals surface area contributed by atoms with Crippen molar-refractivity contribution in [2.75, 3.05) is 31.3 Å². The van der Waals surface area contributed by atoms with E-state index in [1.54, 1.807) is 14.1 Å². The van der Waals surface area contributed by atoms with Crippen LogP contribution in [0.2, 0.25) is 5.02 Å². The van der Waals surface area contributed by atoms with Crippen molar-refractivity contribution in [2.45, 2.75) is 6.54 Å². The summed E-state index contributed by atoms with van der Waals surface area (Å²) in [5, 5.41) is 5.47. The SMILES string of the molecule is CN(C)C(=O)CN=C/C(=C\N)Nc1ncc(Cl)c(NCc2c(F)ccc(F)c2F)n1. The number of benzene rings is 1. The molecule has 12 heteroatoms. The van der Waals surface area contributed by atoms with Gasteiger partial charge in [-0.2, -0.15) is 4.98 Å². The van der Waals surface area contributed by atoms with Crippen LogP contribution in [0, 0.1) is 17.5 Å². The molecule has 0 unspecified atom stereocenters. The molecule has 1 amide bonds. The van der Waals surface area contributed by atoms with Crippen LogP contribution < -0.4 is 16.4 Å². The number of hydrogen-bond acceptors (Lipinski definition) is 7. The lowest BCUT2D eigenvalue weighted by Crippen LogP contribution is -2.24. The first kappa shape index (κ1) is 22.9. The maximum Gasteiger partial charge on any atom is 0.243 e. The smallest absolute Gasteiger partial charge is 0.243 e. The van der Waals surface area contributed by atoms with Gasteiger partial charge < -0.3 is 21.3 Å². The molecule has 8 nitrogen and oxygen atoms in total. The highest BCUT2D eigenvalue weighted by molar-refractivity contribution is 6.32. The van der Waals surface area contributed by atoms with Gasteiger partial charge >= 0.3 is 0 Å². The fourth-order valence-corrected chi connectivity index (χ4v) is 2.22. The summed E-state index contributed by atoms with van der Waals surface area (Å²) in [7, 11) is 3.21. The monoisotopic (exact) mass is 441 g/mol. The molecule has 0 aliphatic carbocycles. The van der Waals surface area contributed by atoms with Gasteiger partial charge in [-0.15, -0.1) is 0 Å². The van der Waals surface area contributed by atoms with Gasteiger partial charge in [-0.3, -0.25) is 9.79 Å². The van der Waals surface area contributed by atoms with Gasteiger partial charge in [0.2, 0.25) is 11.9 Å². The molecule has 0 spiro atoms. The molecule has 1 aromatic carbocycles. The molecule has 0 aliphatic rings. The third kappa shape index (κ3) is 6.08. The van der Waals surface area contributed by atoms with E-state index >= 15 is 0 Å². The summed E-state index contributed by atoms with van der Waals surface area (Å²) in [6.45, 7) is -0.482. The Hall–Kier alpha value is -3.34. The highest BCUT2D eigenvalue weighted by Crippen LogP contribution is 2.22. The minimum Gasteiger partial charge on any atom is -0.403 e. The van der Waals surface area contributed by atoms with E-state index in [2.05, 4.69) is 25.6 Å². The average Bonchev–Trinajstić information content (AvgIpc) is 2.71. The third-order valence-corrected chi connectivity index (χ3v) is 3.98. The average molecular weight is 442 g/mol. The van der Waals surface area contributed by atoms with Gasteiger partial charge in [-0.05, 0) is 12.1 Å². The number of rotatable bonds is 8. The first-order valence-electron chi connectivity index (χ1n) is 8.50. The Morgan fingerprint density at radius 3 is 2.67 bits per heavy atom. The topological polar surface area (TPSA) is 109 Å². The number of halogens is 4. The Kier molecular flexibility index (Phi) is 7.98. The zero-order valence-corrected chi connectivity index (χ0v) is 16.8. The van der Waals surface area contributed by atoms with Crippen molar-refractivity contribution in [1.29, 1.82) is 0 Å². The molecule has 0 saturated heterocycles. The van der Waals surface area contributed by atoms with Crippen molar-refractivity contribution in [2.24, 2.45) is 10.7 Å². The number of nitrogens with two attached hydrogens (primary N) is 1. The van der Waals surface area contributed by atoms with E-state index in [1.165, 1.54) is 23.5 Å². The first-order chi connectivity index (χ1) is 14.2. The number of nitrogens with zero attached hydrogens (tertiary/aromatic N) is 4. The number of likely N-dealkylation sites (N-methyl/N-ethyl adjacent to an activating group) is 1. The molecule has 1 heterocycles. The van der Waals surface area contributed by atoms with Crippen LogP contribution in [0.15, 0.2) is 35.2 Å². The summed E-state index contributed by atoms with van der Waals surface area (Å²) in [6.07, 6.45) is 3.76. The summed E-state index contributed by atoms with van der Waals surface area (Å²) in [5.41, 5.74) is 5.31. The van der Waals surface area contributed by atoms with Crippen LogP contribution in [0.1, 0.15) is 5.56 Å². The number of allylic oxidation sites excluding steroid dienone is 1. The Morgan fingerprint density at radius 1 is 1.30 bits per heavy atom. The Morgan fingerprint density at radius 2 is 2.00 bits per heavy atom. The van der Waals surface area contributed by atoms with Gasteiger partial charge in [0.1, 0.15) is 17.4 Å². The number of nitrogens with one attached hydrogen (secondary N) is 2. The molecule has 0 fully saturated rings. The molecule has 1 aromatic heterocycles. The second kappa shape index (κ2) is 10.4. The Balaban J connectivity index is 2.10. The normalized spacial score (nSPS) is 11.6. The van der Waals surface area contributed by atoms with Crippen LogP contribution in [0.3, 0.4) is 0 Å². The number of hydrogen-bond donors (Lipinski definition) is 3. The van der Waals surface area contributed by atoms with Crippen LogP contribution >= 0.6 is 11.6 Å².